The van der Waals surface area contributed by atoms with Gasteiger partial charge in [-0.3, -0.25) is 4.90 Å². The van der Waals surface area contributed by atoms with E-state index >= 15 is 0 Å². The largest absolute Gasteiger partial charge is 0.497 e. The molecule has 0 fully saturated rings. The molecule has 0 saturated carbocycles. The van der Waals surface area contributed by atoms with Gasteiger partial charge in [-0.05, 0) is 36.2 Å². The Morgan fingerprint density at radius 2 is 2.05 bits per heavy atom. The van der Waals surface area contributed by atoms with Crippen molar-refractivity contribution in [2.45, 2.75) is 19.2 Å². The molecule has 0 bridgehead atoms. The van der Waals surface area contributed by atoms with Gasteiger partial charge in [-0.25, -0.2) is 0 Å². The number of hydrogen-bond acceptors (Lipinski definition) is 3. The van der Waals surface area contributed by atoms with Crippen LogP contribution < -0.4 is 9.47 Å². The van der Waals surface area contributed by atoms with Crippen LogP contribution in [0, 0.1) is 0 Å². The molecular formula is C17H17NO2. The van der Waals surface area contributed by atoms with Crippen LogP contribution in [0.1, 0.15) is 22.9 Å². The van der Waals surface area contributed by atoms with Crippen LogP contribution in [0.3, 0.4) is 0 Å². The fraction of sp³-hybridized carbons (Fsp3) is 0.294. The molecule has 102 valence electrons. The normalized spacial score (nSPS) is 20.4. The highest BCUT2D eigenvalue weighted by molar-refractivity contribution is 5.42. The smallest absolute Gasteiger partial charge is 0.179 e. The quantitative estimate of drug-likeness (QED) is 0.792. The lowest BCUT2D eigenvalue weighted by Gasteiger charge is -2.41. The summed E-state index contributed by atoms with van der Waals surface area (Å²) in [4.78, 5) is 2.40. The molecule has 2 aromatic carbocycles. The Labute approximate surface area is 118 Å². The first-order valence-electron chi connectivity index (χ1n) is 7.00. The molecule has 0 aliphatic carbocycles. The fourth-order valence-corrected chi connectivity index (χ4v) is 3.13. The van der Waals surface area contributed by atoms with E-state index in [0.29, 0.717) is 0 Å². The average Bonchev–Trinajstić information content (AvgIpc) is 2.52. The van der Waals surface area contributed by atoms with Crippen molar-refractivity contribution in [2.24, 2.45) is 0 Å². The number of fused-ring (bicyclic) bond motifs is 4. The van der Waals surface area contributed by atoms with Crippen LogP contribution >= 0.6 is 0 Å². The molecular weight excluding hydrogens is 250 g/mol. The van der Waals surface area contributed by atoms with E-state index < -0.39 is 0 Å². The highest BCUT2D eigenvalue weighted by Gasteiger charge is 2.33. The molecule has 0 radical (unpaired) electrons. The molecule has 0 amide bonds. The van der Waals surface area contributed by atoms with Crippen molar-refractivity contribution in [3.05, 3.63) is 59.2 Å². The van der Waals surface area contributed by atoms with E-state index in [-0.39, 0.29) is 6.23 Å². The Morgan fingerprint density at radius 1 is 1.15 bits per heavy atom. The van der Waals surface area contributed by atoms with Crippen molar-refractivity contribution < 1.29 is 9.47 Å². The molecule has 2 heterocycles. The molecule has 0 saturated heterocycles. The standard InChI is InChI=1S/C17H17NO2/c1-19-14-6-7-15-12(10-14)8-9-18-11-13-4-2-3-5-16(13)20-17(15)18/h2-7,10,17H,8-9,11H2,1H3. The molecule has 2 aliphatic heterocycles. The lowest BCUT2D eigenvalue weighted by Crippen LogP contribution is -2.40. The van der Waals surface area contributed by atoms with Crippen molar-refractivity contribution in [2.75, 3.05) is 13.7 Å². The highest BCUT2D eigenvalue weighted by atomic mass is 16.5. The van der Waals surface area contributed by atoms with Gasteiger partial charge in [0.05, 0.1) is 7.11 Å². The van der Waals surface area contributed by atoms with E-state index in [0.717, 1.165) is 31.0 Å². The van der Waals surface area contributed by atoms with Gasteiger partial charge in [0, 0.05) is 24.2 Å². The number of rotatable bonds is 1. The highest BCUT2D eigenvalue weighted by Crippen LogP contribution is 2.39. The summed E-state index contributed by atoms with van der Waals surface area (Å²) in [6.45, 7) is 1.99. The first-order chi connectivity index (χ1) is 9.85. The maximum absolute atomic E-state index is 6.22. The minimum atomic E-state index is 0.0413. The van der Waals surface area contributed by atoms with Crippen LogP contribution in [0.2, 0.25) is 0 Å². The van der Waals surface area contributed by atoms with Crippen LogP contribution in [0.15, 0.2) is 42.5 Å². The van der Waals surface area contributed by atoms with Crippen LogP contribution in [-0.2, 0) is 13.0 Å². The van der Waals surface area contributed by atoms with E-state index in [9.17, 15) is 0 Å². The summed E-state index contributed by atoms with van der Waals surface area (Å²) >= 11 is 0. The fourth-order valence-electron chi connectivity index (χ4n) is 3.13. The third-order valence-corrected chi connectivity index (χ3v) is 4.20. The van der Waals surface area contributed by atoms with E-state index in [1.54, 1.807) is 7.11 Å². The lowest BCUT2D eigenvalue weighted by atomic mass is 9.96. The molecule has 3 nitrogen and oxygen atoms in total. The van der Waals surface area contributed by atoms with Gasteiger partial charge in [-0.15, -0.1) is 0 Å². The van der Waals surface area contributed by atoms with Crippen molar-refractivity contribution in [3.63, 3.8) is 0 Å². The monoisotopic (exact) mass is 267 g/mol. The minimum absolute atomic E-state index is 0.0413. The molecule has 1 unspecified atom stereocenters. The molecule has 4 rings (SSSR count). The van der Waals surface area contributed by atoms with Crippen molar-refractivity contribution in [3.8, 4) is 11.5 Å². The Kier molecular flexibility index (Phi) is 2.67. The average molecular weight is 267 g/mol. The number of nitrogens with zero attached hydrogens (tertiary/aromatic N) is 1. The number of para-hydroxylation sites is 1. The Hall–Kier alpha value is -2.00. The minimum Gasteiger partial charge on any atom is -0.497 e. The second kappa shape index (κ2) is 4.53. The van der Waals surface area contributed by atoms with Gasteiger partial charge < -0.3 is 9.47 Å². The first-order valence-corrected chi connectivity index (χ1v) is 7.00. The van der Waals surface area contributed by atoms with Gasteiger partial charge in [-0.2, -0.15) is 0 Å². The molecule has 3 heteroatoms. The third kappa shape index (κ3) is 1.78. The number of ether oxygens (including phenoxy) is 2. The Morgan fingerprint density at radius 3 is 2.95 bits per heavy atom. The van der Waals surface area contributed by atoms with E-state index in [2.05, 4.69) is 35.2 Å². The molecule has 2 aromatic rings. The number of methoxy groups -OCH3 is 1. The van der Waals surface area contributed by atoms with Gasteiger partial charge in [0.2, 0.25) is 0 Å². The van der Waals surface area contributed by atoms with E-state index in [1.165, 1.54) is 16.7 Å². The first kappa shape index (κ1) is 11.8. The van der Waals surface area contributed by atoms with Crippen LogP contribution in [0.4, 0.5) is 0 Å². The van der Waals surface area contributed by atoms with Crippen LogP contribution in [0.25, 0.3) is 0 Å². The second-order valence-electron chi connectivity index (χ2n) is 5.36. The second-order valence-corrected chi connectivity index (χ2v) is 5.36. The summed E-state index contributed by atoms with van der Waals surface area (Å²) in [5.74, 6) is 1.94. The summed E-state index contributed by atoms with van der Waals surface area (Å²) in [6, 6.07) is 14.6. The molecule has 1 atom stereocenters. The van der Waals surface area contributed by atoms with Crippen molar-refractivity contribution in [1.29, 1.82) is 0 Å². The zero-order chi connectivity index (χ0) is 13.5. The summed E-state index contributed by atoms with van der Waals surface area (Å²) < 4.78 is 11.5. The van der Waals surface area contributed by atoms with Crippen molar-refractivity contribution in [1.82, 2.24) is 4.90 Å². The number of hydrogen-bond donors (Lipinski definition) is 0. The summed E-state index contributed by atoms with van der Waals surface area (Å²) in [7, 11) is 1.71. The van der Waals surface area contributed by atoms with Gasteiger partial charge in [0.25, 0.3) is 0 Å². The SMILES string of the molecule is COc1ccc2c(c1)CCN1Cc3ccccc3OC21. The third-order valence-electron chi connectivity index (χ3n) is 4.20. The predicted octanol–water partition coefficient (Wildman–Crippen LogP) is 3.14. The maximum Gasteiger partial charge on any atom is 0.179 e. The zero-order valence-corrected chi connectivity index (χ0v) is 11.5. The summed E-state index contributed by atoms with van der Waals surface area (Å²) in [6.07, 6.45) is 1.09. The Bertz CT molecular complexity index is 653. The maximum atomic E-state index is 6.22. The predicted molar refractivity (Wildman–Crippen MR) is 76.9 cm³/mol. The van der Waals surface area contributed by atoms with E-state index in [1.807, 2.05) is 12.1 Å². The summed E-state index contributed by atoms with van der Waals surface area (Å²) in [5.41, 5.74) is 3.89. The summed E-state index contributed by atoms with van der Waals surface area (Å²) in [5, 5.41) is 0. The topological polar surface area (TPSA) is 21.7 Å². The Balaban J connectivity index is 1.74. The number of benzene rings is 2. The van der Waals surface area contributed by atoms with E-state index in [4.69, 9.17) is 9.47 Å². The lowest BCUT2D eigenvalue weighted by molar-refractivity contribution is -0.0103. The molecule has 0 aromatic heterocycles. The van der Waals surface area contributed by atoms with Gasteiger partial charge in [0.15, 0.2) is 6.23 Å². The molecule has 0 N–H and O–H groups in total. The zero-order valence-electron chi connectivity index (χ0n) is 11.5. The van der Waals surface area contributed by atoms with Crippen LogP contribution in [0.5, 0.6) is 11.5 Å². The van der Waals surface area contributed by atoms with Crippen LogP contribution in [-0.4, -0.2) is 18.6 Å². The van der Waals surface area contributed by atoms with Gasteiger partial charge >= 0.3 is 0 Å². The molecule has 2 aliphatic rings. The van der Waals surface area contributed by atoms with Gasteiger partial charge in [-0.1, -0.05) is 18.2 Å². The van der Waals surface area contributed by atoms with Gasteiger partial charge in [0.1, 0.15) is 11.5 Å². The molecule has 20 heavy (non-hydrogen) atoms. The molecule has 0 spiro atoms. The van der Waals surface area contributed by atoms with Crippen molar-refractivity contribution >= 4 is 0 Å².